The second kappa shape index (κ2) is 5.75. The van der Waals surface area contributed by atoms with Crippen molar-refractivity contribution in [3.05, 3.63) is 45.8 Å². The van der Waals surface area contributed by atoms with E-state index < -0.39 is 0 Å². The van der Waals surface area contributed by atoms with Crippen molar-refractivity contribution in [2.45, 2.75) is 13.8 Å². The van der Waals surface area contributed by atoms with Crippen LogP contribution in [-0.4, -0.2) is 22.5 Å². The van der Waals surface area contributed by atoms with Crippen LogP contribution in [0.3, 0.4) is 0 Å². The Kier molecular flexibility index (Phi) is 4.05. The minimum atomic E-state index is -0.328. The summed E-state index contributed by atoms with van der Waals surface area (Å²) in [5.74, 6) is -0.132. The molecule has 0 unspecified atom stereocenters. The quantitative estimate of drug-likeness (QED) is 0.878. The topological polar surface area (TPSA) is 76.1 Å². The summed E-state index contributed by atoms with van der Waals surface area (Å²) in [6.45, 7) is 2.90. The molecule has 0 fully saturated rings. The second-order valence-electron chi connectivity index (χ2n) is 4.20. The zero-order chi connectivity index (χ0) is 14.7. The maximum Gasteiger partial charge on any atom is 0.266 e. The summed E-state index contributed by atoms with van der Waals surface area (Å²) < 4.78 is 0. The molecule has 0 spiro atoms. The second-order valence-corrected chi connectivity index (χ2v) is 5.11. The van der Waals surface area contributed by atoms with E-state index in [0.717, 1.165) is 0 Å². The van der Waals surface area contributed by atoms with Crippen molar-refractivity contribution in [3.63, 3.8) is 0 Å². The molecule has 0 aliphatic carbocycles. The number of carbonyl (C=O) groups excluding carboxylic acids is 3. The lowest BCUT2D eigenvalue weighted by molar-refractivity contribution is 0.100. The Labute approximate surface area is 119 Å². The summed E-state index contributed by atoms with van der Waals surface area (Å²) in [5.41, 5.74) is 0.998. The van der Waals surface area contributed by atoms with Crippen molar-refractivity contribution >= 4 is 34.6 Å². The van der Waals surface area contributed by atoms with Crippen LogP contribution in [-0.2, 0) is 0 Å². The van der Waals surface area contributed by atoms with Crippen LogP contribution in [0.2, 0.25) is 0 Å². The van der Waals surface area contributed by atoms with Gasteiger partial charge in [0.25, 0.3) is 5.91 Å². The number of hydrogen-bond donors (Lipinski definition) is 1. The van der Waals surface area contributed by atoms with Gasteiger partial charge in [-0.1, -0.05) is 0 Å². The zero-order valence-corrected chi connectivity index (χ0v) is 11.8. The number of nitrogens with zero attached hydrogens (tertiary/aromatic N) is 1. The highest BCUT2D eigenvalue weighted by molar-refractivity contribution is 7.12. The van der Waals surface area contributed by atoms with Crippen molar-refractivity contribution in [1.29, 1.82) is 0 Å². The van der Waals surface area contributed by atoms with Crippen molar-refractivity contribution in [3.8, 4) is 0 Å². The van der Waals surface area contributed by atoms with E-state index in [4.69, 9.17) is 0 Å². The highest BCUT2D eigenvalue weighted by Crippen LogP contribution is 2.17. The van der Waals surface area contributed by atoms with Crippen LogP contribution in [0.25, 0.3) is 0 Å². The normalized spacial score (nSPS) is 10.1. The van der Waals surface area contributed by atoms with Gasteiger partial charge in [-0.3, -0.25) is 14.4 Å². The molecule has 0 bridgehead atoms. The largest absolute Gasteiger partial charge is 0.306 e. The molecule has 2 aromatic rings. The lowest BCUT2D eigenvalue weighted by atomic mass is 10.2. The Balaban J connectivity index is 2.10. The molecule has 5 nitrogen and oxygen atoms in total. The van der Waals surface area contributed by atoms with E-state index in [2.05, 4.69) is 10.3 Å². The highest BCUT2D eigenvalue weighted by Gasteiger charge is 2.12. The van der Waals surface area contributed by atoms with E-state index in [-0.39, 0.29) is 17.5 Å². The Morgan fingerprint density at radius 2 is 1.80 bits per heavy atom. The Morgan fingerprint density at radius 1 is 1.10 bits per heavy atom. The van der Waals surface area contributed by atoms with Gasteiger partial charge in [0.1, 0.15) is 5.82 Å². The molecule has 2 aromatic heterocycles. The number of nitrogens with one attached hydrogen (secondary N) is 1. The average Bonchev–Trinajstić information content (AvgIpc) is 2.89. The van der Waals surface area contributed by atoms with Crippen LogP contribution in [0.1, 0.15) is 44.2 Å². The predicted octanol–water partition coefficient (Wildman–Crippen LogP) is 2.80. The summed E-state index contributed by atoms with van der Waals surface area (Å²) in [6, 6.07) is 4.71. The molecule has 0 aromatic carbocycles. The fourth-order valence-electron chi connectivity index (χ4n) is 1.49. The minimum absolute atomic E-state index is 0.0794. The third kappa shape index (κ3) is 3.16. The molecule has 1 amide bonds. The van der Waals surface area contributed by atoms with Crippen molar-refractivity contribution in [1.82, 2.24) is 4.98 Å². The SMILES string of the molecule is CC(=O)c1ccc(NC(=O)c2cc(C(C)=O)cs2)nc1. The molecule has 0 aliphatic rings. The first-order valence-corrected chi connectivity index (χ1v) is 6.73. The summed E-state index contributed by atoms with van der Waals surface area (Å²) in [7, 11) is 0. The number of hydrogen-bond acceptors (Lipinski definition) is 5. The number of rotatable bonds is 4. The third-order valence-corrected chi connectivity index (χ3v) is 3.57. The maximum absolute atomic E-state index is 11.9. The van der Waals surface area contributed by atoms with Crippen LogP contribution in [0, 0.1) is 0 Å². The Bertz CT molecular complexity index is 674. The Hall–Kier alpha value is -2.34. The van der Waals surface area contributed by atoms with Crippen LogP contribution in [0.4, 0.5) is 5.82 Å². The fraction of sp³-hybridized carbons (Fsp3) is 0.143. The number of anilines is 1. The van der Waals surface area contributed by atoms with Gasteiger partial charge >= 0.3 is 0 Å². The van der Waals surface area contributed by atoms with E-state index in [0.29, 0.717) is 21.8 Å². The molecule has 0 atom stereocenters. The molecular formula is C14H12N2O3S. The molecule has 1 N–H and O–H groups in total. The summed E-state index contributed by atoms with van der Waals surface area (Å²) in [6.07, 6.45) is 1.41. The van der Waals surface area contributed by atoms with E-state index in [1.54, 1.807) is 23.6 Å². The molecule has 102 valence electrons. The lowest BCUT2D eigenvalue weighted by Crippen LogP contribution is -2.11. The smallest absolute Gasteiger partial charge is 0.266 e. The standard InChI is InChI=1S/C14H12N2O3S/c1-8(17)10-3-4-13(15-6-10)16-14(19)12-5-11(7-20-12)9(2)18/h3-7H,1-2H3,(H,15,16,19). The monoisotopic (exact) mass is 288 g/mol. The molecule has 0 saturated heterocycles. The van der Waals surface area contributed by atoms with Gasteiger partial charge in [0.05, 0.1) is 4.88 Å². The van der Waals surface area contributed by atoms with E-state index in [1.807, 2.05) is 0 Å². The molecule has 2 rings (SSSR count). The number of thiophene rings is 1. The molecule has 0 aliphatic heterocycles. The van der Waals surface area contributed by atoms with E-state index >= 15 is 0 Å². The van der Waals surface area contributed by atoms with Crippen molar-refractivity contribution in [2.75, 3.05) is 5.32 Å². The van der Waals surface area contributed by atoms with E-state index in [9.17, 15) is 14.4 Å². The average molecular weight is 288 g/mol. The summed E-state index contributed by atoms with van der Waals surface area (Å²) in [5, 5.41) is 4.26. The van der Waals surface area contributed by atoms with Crippen LogP contribution >= 0.6 is 11.3 Å². The molecule has 6 heteroatoms. The number of pyridine rings is 1. The minimum Gasteiger partial charge on any atom is -0.306 e. The maximum atomic E-state index is 11.9. The van der Waals surface area contributed by atoms with Gasteiger partial charge in [-0.15, -0.1) is 11.3 Å². The van der Waals surface area contributed by atoms with Gasteiger partial charge in [0, 0.05) is 22.7 Å². The number of amides is 1. The molecule has 20 heavy (non-hydrogen) atoms. The van der Waals surface area contributed by atoms with Gasteiger partial charge in [0.2, 0.25) is 0 Å². The van der Waals surface area contributed by atoms with Gasteiger partial charge < -0.3 is 5.32 Å². The van der Waals surface area contributed by atoms with Crippen LogP contribution < -0.4 is 5.32 Å². The van der Waals surface area contributed by atoms with Crippen LogP contribution in [0.5, 0.6) is 0 Å². The van der Waals surface area contributed by atoms with Crippen molar-refractivity contribution in [2.24, 2.45) is 0 Å². The number of ketones is 2. The third-order valence-electron chi connectivity index (χ3n) is 2.64. The molecular weight excluding hydrogens is 276 g/mol. The first-order valence-electron chi connectivity index (χ1n) is 5.85. The Morgan fingerprint density at radius 3 is 2.30 bits per heavy atom. The van der Waals surface area contributed by atoms with Crippen molar-refractivity contribution < 1.29 is 14.4 Å². The number of carbonyl (C=O) groups is 3. The zero-order valence-electron chi connectivity index (χ0n) is 11.0. The van der Waals surface area contributed by atoms with Crippen LogP contribution in [0.15, 0.2) is 29.8 Å². The lowest BCUT2D eigenvalue weighted by Gasteiger charge is -2.02. The van der Waals surface area contributed by atoms with E-state index in [1.165, 1.54) is 31.4 Å². The van der Waals surface area contributed by atoms with Gasteiger partial charge in [-0.05, 0) is 32.0 Å². The number of Topliss-reactive ketones (excluding diaryl/α,β-unsaturated/α-hetero) is 2. The fourth-order valence-corrected chi connectivity index (χ4v) is 2.33. The molecule has 2 heterocycles. The number of aromatic nitrogens is 1. The predicted molar refractivity (Wildman–Crippen MR) is 76.5 cm³/mol. The van der Waals surface area contributed by atoms with Gasteiger partial charge in [-0.2, -0.15) is 0 Å². The first-order chi connectivity index (χ1) is 9.47. The first kappa shape index (κ1) is 14.1. The summed E-state index contributed by atoms with van der Waals surface area (Å²) in [4.78, 5) is 38.7. The van der Waals surface area contributed by atoms with Gasteiger partial charge in [0.15, 0.2) is 11.6 Å². The highest BCUT2D eigenvalue weighted by atomic mass is 32.1. The molecule has 0 saturated carbocycles. The van der Waals surface area contributed by atoms with Gasteiger partial charge in [-0.25, -0.2) is 4.98 Å². The molecule has 0 radical (unpaired) electrons. The summed E-state index contributed by atoms with van der Waals surface area (Å²) >= 11 is 1.20.